The van der Waals surface area contributed by atoms with Crippen molar-refractivity contribution in [2.45, 2.75) is 6.54 Å². The molecule has 6 nitrogen and oxygen atoms in total. The first-order valence-corrected chi connectivity index (χ1v) is 5.78. The first kappa shape index (κ1) is 11.3. The zero-order valence-electron chi connectivity index (χ0n) is 10.0. The van der Waals surface area contributed by atoms with E-state index in [1.54, 1.807) is 24.4 Å². The van der Waals surface area contributed by atoms with Gasteiger partial charge in [0.1, 0.15) is 12.0 Å². The summed E-state index contributed by atoms with van der Waals surface area (Å²) in [6, 6.07) is 7.09. The lowest BCUT2D eigenvalue weighted by atomic mass is 10.1. The number of aromatic nitrogens is 2. The number of benzene rings is 1. The first-order valence-electron chi connectivity index (χ1n) is 5.78. The van der Waals surface area contributed by atoms with Crippen LogP contribution in [0.15, 0.2) is 41.2 Å². The zero-order valence-corrected chi connectivity index (χ0v) is 10.0. The Balaban J connectivity index is 1.81. The molecule has 0 aliphatic carbocycles. The molecule has 0 saturated carbocycles. The predicted octanol–water partition coefficient (Wildman–Crippen LogP) is 1.67. The van der Waals surface area contributed by atoms with Gasteiger partial charge in [-0.1, -0.05) is 5.16 Å². The molecule has 0 fully saturated rings. The van der Waals surface area contributed by atoms with Crippen molar-refractivity contribution in [1.29, 1.82) is 0 Å². The van der Waals surface area contributed by atoms with E-state index in [1.807, 2.05) is 6.07 Å². The van der Waals surface area contributed by atoms with Crippen molar-refractivity contribution >= 4 is 22.5 Å². The van der Waals surface area contributed by atoms with E-state index in [4.69, 9.17) is 10.3 Å². The van der Waals surface area contributed by atoms with Crippen molar-refractivity contribution in [3.63, 3.8) is 0 Å². The van der Waals surface area contributed by atoms with Crippen LogP contribution in [-0.2, 0) is 6.54 Å². The van der Waals surface area contributed by atoms with E-state index >= 15 is 0 Å². The minimum absolute atomic E-state index is 0.168. The molecule has 0 spiro atoms. The van der Waals surface area contributed by atoms with E-state index in [-0.39, 0.29) is 5.91 Å². The van der Waals surface area contributed by atoms with E-state index in [9.17, 15) is 4.79 Å². The Hall–Kier alpha value is -2.76. The summed E-state index contributed by atoms with van der Waals surface area (Å²) >= 11 is 0. The molecular weight excluding hydrogens is 244 g/mol. The third kappa shape index (κ3) is 2.15. The molecule has 0 radical (unpaired) electrons. The minimum Gasteiger partial charge on any atom is -0.399 e. The summed E-state index contributed by atoms with van der Waals surface area (Å²) < 4.78 is 4.70. The number of H-pyrrole nitrogens is 1. The van der Waals surface area contributed by atoms with Crippen LogP contribution < -0.4 is 11.1 Å². The Kier molecular flexibility index (Phi) is 2.68. The fraction of sp³-hybridized carbons (Fsp3) is 0.0769. The molecule has 0 aliphatic heterocycles. The lowest BCUT2D eigenvalue weighted by Crippen LogP contribution is -2.22. The van der Waals surface area contributed by atoms with Gasteiger partial charge in [-0.3, -0.25) is 4.79 Å². The molecule has 6 heteroatoms. The number of nitrogens with two attached hydrogens (primary N) is 1. The van der Waals surface area contributed by atoms with Crippen molar-refractivity contribution < 1.29 is 9.32 Å². The Morgan fingerprint density at radius 1 is 1.42 bits per heavy atom. The Bertz CT molecular complexity index is 715. The highest BCUT2D eigenvalue weighted by molar-refractivity contribution is 6.07. The van der Waals surface area contributed by atoms with Gasteiger partial charge in [0.05, 0.1) is 12.1 Å². The molecule has 3 rings (SSSR count). The number of amides is 1. The summed E-state index contributed by atoms with van der Waals surface area (Å²) in [7, 11) is 0. The van der Waals surface area contributed by atoms with Crippen LogP contribution in [0.1, 0.15) is 16.1 Å². The number of carbonyl (C=O) groups is 1. The highest BCUT2D eigenvalue weighted by atomic mass is 16.5. The number of nitrogen functional groups attached to an aromatic ring is 1. The first-order chi connectivity index (χ1) is 9.24. The third-order valence-corrected chi connectivity index (χ3v) is 2.87. The number of nitrogens with one attached hydrogen (secondary N) is 2. The van der Waals surface area contributed by atoms with Gasteiger partial charge in [0.25, 0.3) is 5.91 Å². The molecule has 0 aliphatic rings. The molecule has 1 amide bonds. The van der Waals surface area contributed by atoms with Crippen LogP contribution in [0.4, 0.5) is 5.69 Å². The lowest BCUT2D eigenvalue weighted by molar-refractivity contribution is 0.0952. The van der Waals surface area contributed by atoms with Gasteiger partial charge in [-0.15, -0.1) is 0 Å². The topological polar surface area (TPSA) is 96.9 Å². The van der Waals surface area contributed by atoms with Gasteiger partial charge in [0.2, 0.25) is 0 Å². The molecule has 0 bridgehead atoms. The smallest absolute Gasteiger partial charge is 0.253 e. The number of rotatable bonds is 3. The molecule has 2 heterocycles. The molecule has 96 valence electrons. The quantitative estimate of drug-likeness (QED) is 0.621. The van der Waals surface area contributed by atoms with E-state index in [0.29, 0.717) is 23.5 Å². The second kappa shape index (κ2) is 4.49. The summed E-state index contributed by atoms with van der Waals surface area (Å²) in [6.07, 6.45) is 3.14. The van der Waals surface area contributed by atoms with Crippen LogP contribution in [0.2, 0.25) is 0 Å². The number of hydrogen-bond acceptors (Lipinski definition) is 4. The highest BCUT2D eigenvalue weighted by Crippen LogP contribution is 2.20. The van der Waals surface area contributed by atoms with Gasteiger partial charge in [0, 0.05) is 28.9 Å². The van der Waals surface area contributed by atoms with Crippen LogP contribution in [0, 0.1) is 0 Å². The molecule has 0 atom stereocenters. The van der Waals surface area contributed by atoms with Crippen LogP contribution in [-0.4, -0.2) is 16.0 Å². The van der Waals surface area contributed by atoms with Crippen LogP contribution >= 0.6 is 0 Å². The average Bonchev–Trinajstić information content (AvgIpc) is 3.04. The van der Waals surface area contributed by atoms with Crippen molar-refractivity contribution in [2.75, 3.05) is 5.73 Å². The molecule has 3 aromatic rings. The second-order valence-electron chi connectivity index (χ2n) is 4.18. The van der Waals surface area contributed by atoms with Crippen LogP contribution in [0.3, 0.4) is 0 Å². The summed E-state index contributed by atoms with van der Waals surface area (Å²) in [5, 5.41) is 7.35. The van der Waals surface area contributed by atoms with Crippen molar-refractivity contribution in [2.24, 2.45) is 0 Å². The van der Waals surface area contributed by atoms with Gasteiger partial charge < -0.3 is 20.6 Å². The maximum atomic E-state index is 12.1. The van der Waals surface area contributed by atoms with Crippen molar-refractivity contribution in [3.05, 3.63) is 48.0 Å². The average molecular weight is 256 g/mol. The van der Waals surface area contributed by atoms with Crippen LogP contribution in [0.25, 0.3) is 10.9 Å². The summed E-state index contributed by atoms with van der Waals surface area (Å²) in [5.41, 5.74) is 8.45. The van der Waals surface area contributed by atoms with E-state index in [1.165, 1.54) is 6.26 Å². The SMILES string of the molecule is Nc1ccc2c(C(=O)NCc3ccon3)c[nH]c2c1. The van der Waals surface area contributed by atoms with Crippen LogP contribution in [0.5, 0.6) is 0 Å². The Morgan fingerprint density at radius 3 is 3.11 bits per heavy atom. The predicted molar refractivity (Wildman–Crippen MR) is 70.4 cm³/mol. The van der Waals surface area contributed by atoms with Gasteiger partial charge in [0.15, 0.2) is 0 Å². The summed E-state index contributed by atoms with van der Waals surface area (Å²) in [6.45, 7) is 0.330. The van der Waals surface area contributed by atoms with Crippen molar-refractivity contribution in [1.82, 2.24) is 15.5 Å². The number of hydrogen-bond donors (Lipinski definition) is 3. The number of nitrogens with zero attached hydrogens (tertiary/aromatic N) is 1. The number of aromatic amines is 1. The maximum Gasteiger partial charge on any atom is 0.253 e. The maximum absolute atomic E-state index is 12.1. The molecular formula is C13H12N4O2. The lowest BCUT2D eigenvalue weighted by Gasteiger charge is -2.01. The van der Waals surface area contributed by atoms with Gasteiger partial charge >= 0.3 is 0 Å². The number of anilines is 1. The normalized spacial score (nSPS) is 10.7. The Morgan fingerprint density at radius 2 is 2.32 bits per heavy atom. The van der Waals surface area contributed by atoms with E-state index in [0.717, 1.165) is 10.9 Å². The van der Waals surface area contributed by atoms with Gasteiger partial charge in [-0.25, -0.2) is 0 Å². The minimum atomic E-state index is -0.168. The largest absolute Gasteiger partial charge is 0.399 e. The fourth-order valence-electron chi connectivity index (χ4n) is 1.93. The molecule has 2 aromatic heterocycles. The third-order valence-electron chi connectivity index (χ3n) is 2.87. The highest BCUT2D eigenvalue weighted by Gasteiger charge is 2.12. The monoisotopic (exact) mass is 256 g/mol. The molecule has 4 N–H and O–H groups in total. The molecule has 0 saturated heterocycles. The Labute approximate surface area is 108 Å². The molecule has 0 unspecified atom stereocenters. The van der Waals surface area contributed by atoms with Crippen molar-refractivity contribution in [3.8, 4) is 0 Å². The van der Waals surface area contributed by atoms with E-state index in [2.05, 4.69) is 15.5 Å². The molecule has 1 aromatic carbocycles. The summed E-state index contributed by atoms with van der Waals surface area (Å²) in [5.74, 6) is -0.168. The van der Waals surface area contributed by atoms with Gasteiger partial charge in [-0.05, 0) is 18.2 Å². The molecule has 19 heavy (non-hydrogen) atoms. The van der Waals surface area contributed by atoms with Gasteiger partial charge in [-0.2, -0.15) is 0 Å². The second-order valence-corrected chi connectivity index (χ2v) is 4.18. The van der Waals surface area contributed by atoms with E-state index < -0.39 is 0 Å². The fourth-order valence-corrected chi connectivity index (χ4v) is 1.93. The number of carbonyl (C=O) groups excluding carboxylic acids is 1. The zero-order chi connectivity index (χ0) is 13.2. The number of fused-ring (bicyclic) bond motifs is 1. The summed E-state index contributed by atoms with van der Waals surface area (Å²) in [4.78, 5) is 15.1. The standard InChI is InChI=1S/C13H12N4O2/c14-8-1-2-10-11(7-15-12(10)5-8)13(18)16-6-9-3-4-19-17-9/h1-5,7,15H,6,14H2,(H,16,18).